The SMILES string of the molecule is Cc1cc(Nc2nncc(Oc3ccc(CC#N)cc3)n2)n[nH]1. The van der Waals surface area contributed by atoms with Crippen molar-refractivity contribution in [2.75, 3.05) is 5.32 Å². The summed E-state index contributed by atoms with van der Waals surface area (Å²) in [6.07, 6.45) is 1.79. The van der Waals surface area contributed by atoms with E-state index in [0.29, 0.717) is 23.9 Å². The number of hydrogen-bond acceptors (Lipinski definition) is 7. The molecular formula is C15H13N7O. The molecule has 0 amide bonds. The molecule has 3 rings (SSSR count). The lowest BCUT2D eigenvalue weighted by atomic mass is 10.2. The van der Waals surface area contributed by atoms with Crippen LogP contribution in [0.5, 0.6) is 11.6 Å². The number of aryl methyl sites for hydroxylation is 1. The van der Waals surface area contributed by atoms with Crippen molar-refractivity contribution in [1.82, 2.24) is 25.4 Å². The zero-order valence-corrected chi connectivity index (χ0v) is 12.3. The van der Waals surface area contributed by atoms with E-state index in [-0.39, 0.29) is 5.95 Å². The zero-order valence-electron chi connectivity index (χ0n) is 12.3. The molecule has 2 N–H and O–H groups in total. The number of ether oxygens (including phenoxy) is 1. The minimum atomic E-state index is 0.287. The lowest BCUT2D eigenvalue weighted by Gasteiger charge is -2.06. The van der Waals surface area contributed by atoms with Gasteiger partial charge in [0, 0.05) is 11.8 Å². The van der Waals surface area contributed by atoms with Crippen molar-refractivity contribution < 1.29 is 4.74 Å². The number of nitriles is 1. The number of hydrogen-bond donors (Lipinski definition) is 2. The van der Waals surface area contributed by atoms with E-state index in [2.05, 4.69) is 36.8 Å². The van der Waals surface area contributed by atoms with Crippen molar-refractivity contribution in [3.8, 4) is 17.7 Å². The number of benzene rings is 1. The van der Waals surface area contributed by atoms with E-state index in [4.69, 9.17) is 10.00 Å². The quantitative estimate of drug-likeness (QED) is 0.744. The Balaban J connectivity index is 1.71. The Hall–Kier alpha value is -3.47. The molecule has 0 saturated carbocycles. The molecule has 0 aliphatic rings. The number of nitrogens with zero attached hydrogens (tertiary/aromatic N) is 5. The fourth-order valence-corrected chi connectivity index (χ4v) is 1.87. The van der Waals surface area contributed by atoms with Crippen molar-refractivity contribution in [2.45, 2.75) is 13.3 Å². The third-order valence-electron chi connectivity index (χ3n) is 2.91. The molecule has 8 nitrogen and oxygen atoms in total. The highest BCUT2D eigenvalue weighted by Gasteiger charge is 2.05. The summed E-state index contributed by atoms with van der Waals surface area (Å²) in [5.41, 5.74) is 1.85. The van der Waals surface area contributed by atoms with Crippen molar-refractivity contribution in [2.24, 2.45) is 0 Å². The molecular weight excluding hydrogens is 294 g/mol. The van der Waals surface area contributed by atoms with E-state index >= 15 is 0 Å². The van der Waals surface area contributed by atoms with Gasteiger partial charge in [-0.1, -0.05) is 12.1 Å². The lowest BCUT2D eigenvalue weighted by Crippen LogP contribution is -2.00. The molecule has 0 aliphatic carbocycles. The van der Waals surface area contributed by atoms with Crippen LogP contribution in [0.15, 0.2) is 36.5 Å². The van der Waals surface area contributed by atoms with Crippen LogP contribution in [0.4, 0.5) is 11.8 Å². The normalized spacial score (nSPS) is 10.1. The van der Waals surface area contributed by atoms with Crippen molar-refractivity contribution in [3.63, 3.8) is 0 Å². The molecule has 114 valence electrons. The smallest absolute Gasteiger partial charge is 0.251 e. The summed E-state index contributed by atoms with van der Waals surface area (Å²) >= 11 is 0. The van der Waals surface area contributed by atoms with Gasteiger partial charge in [-0.3, -0.25) is 5.10 Å². The van der Waals surface area contributed by atoms with Gasteiger partial charge in [-0.25, -0.2) is 0 Å². The first kappa shape index (κ1) is 14.5. The molecule has 0 atom stereocenters. The molecule has 2 aromatic heterocycles. The van der Waals surface area contributed by atoms with Gasteiger partial charge >= 0.3 is 0 Å². The van der Waals surface area contributed by atoms with Crippen LogP contribution in [0, 0.1) is 18.3 Å². The number of aromatic amines is 1. The van der Waals surface area contributed by atoms with E-state index in [1.807, 2.05) is 25.1 Å². The van der Waals surface area contributed by atoms with Crippen LogP contribution >= 0.6 is 0 Å². The predicted molar refractivity (Wildman–Crippen MR) is 82.3 cm³/mol. The first-order valence-electron chi connectivity index (χ1n) is 6.85. The molecule has 0 fully saturated rings. The van der Waals surface area contributed by atoms with E-state index in [1.165, 1.54) is 6.20 Å². The van der Waals surface area contributed by atoms with Crippen LogP contribution < -0.4 is 10.1 Å². The third kappa shape index (κ3) is 3.79. The molecule has 1 aromatic carbocycles. The van der Waals surface area contributed by atoms with E-state index in [9.17, 15) is 0 Å². The summed E-state index contributed by atoms with van der Waals surface area (Å²) in [5.74, 6) is 1.80. The molecule has 0 aliphatic heterocycles. The molecule has 0 spiro atoms. The number of anilines is 2. The van der Waals surface area contributed by atoms with Crippen molar-refractivity contribution >= 4 is 11.8 Å². The van der Waals surface area contributed by atoms with Gasteiger partial charge in [-0.05, 0) is 24.6 Å². The molecule has 23 heavy (non-hydrogen) atoms. The Morgan fingerprint density at radius 1 is 1.30 bits per heavy atom. The van der Waals surface area contributed by atoms with Gasteiger partial charge in [0.15, 0.2) is 5.82 Å². The number of nitrogens with one attached hydrogen (secondary N) is 2. The molecule has 8 heteroatoms. The van der Waals surface area contributed by atoms with Gasteiger partial charge in [-0.15, -0.1) is 10.2 Å². The lowest BCUT2D eigenvalue weighted by molar-refractivity contribution is 0.458. The van der Waals surface area contributed by atoms with Crippen molar-refractivity contribution in [1.29, 1.82) is 5.26 Å². The van der Waals surface area contributed by atoms with Gasteiger partial charge in [0.1, 0.15) is 11.9 Å². The second-order valence-electron chi connectivity index (χ2n) is 4.76. The molecule has 0 bridgehead atoms. The Bertz CT molecular complexity index is 836. The summed E-state index contributed by atoms with van der Waals surface area (Å²) in [6, 6.07) is 11.1. The first-order valence-corrected chi connectivity index (χ1v) is 6.85. The second-order valence-corrected chi connectivity index (χ2v) is 4.76. The third-order valence-corrected chi connectivity index (χ3v) is 2.91. The van der Waals surface area contributed by atoms with Crippen LogP contribution in [0.2, 0.25) is 0 Å². The van der Waals surface area contributed by atoms with E-state index in [1.54, 1.807) is 12.1 Å². The van der Waals surface area contributed by atoms with E-state index in [0.717, 1.165) is 11.3 Å². The predicted octanol–water partition coefficient (Wildman–Crippen LogP) is 2.51. The minimum Gasteiger partial charge on any atom is -0.437 e. The maximum absolute atomic E-state index is 8.66. The topological polar surface area (TPSA) is 112 Å². The first-order chi connectivity index (χ1) is 11.2. The summed E-state index contributed by atoms with van der Waals surface area (Å²) in [7, 11) is 0. The largest absolute Gasteiger partial charge is 0.437 e. The van der Waals surface area contributed by atoms with Gasteiger partial charge in [-0.2, -0.15) is 15.3 Å². The second kappa shape index (κ2) is 6.53. The fourth-order valence-electron chi connectivity index (χ4n) is 1.87. The van der Waals surface area contributed by atoms with Gasteiger partial charge < -0.3 is 10.1 Å². The number of H-pyrrole nitrogens is 1. The molecule has 2 heterocycles. The highest BCUT2D eigenvalue weighted by Crippen LogP contribution is 2.20. The van der Waals surface area contributed by atoms with Gasteiger partial charge in [0.25, 0.3) is 5.95 Å². The highest BCUT2D eigenvalue weighted by atomic mass is 16.5. The van der Waals surface area contributed by atoms with Crippen LogP contribution in [0.1, 0.15) is 11.3 Å². The van der Waals surface area contributed by atoms with Crippen molar-refractivity contribution in [3.05, 3.63) is 47.8 Å². The van der Waals surface area contributed by atoms with E-state index < -0.39 is 0 Å². The standard InChI is InChI=1S/C15H13N7O/c1-10-8-13(21-20-10)18-15-19-14(9-17-22-15)23-12-4-2-11(3-5-12)6-7-16/h2-5,8-9H,6H2,1H3,(H2,18,19,20,21,22). The Morgan fingerprint density at radius 2 is 2.13 bits per heavy atom. The fraction of sp³-hybridized carbons (Fsp3) is 0.133. The highest BCUT2D eigenvalue weighted by molar-refractivity contribution is 5.47. The summed E-state index contributed by atoms with van der Waals surface area (Å²) in [6.45, 7) is 1.90. The van der Waals surface area contributed by atoms with Gasteiger partial charge in [0.05, 0.1) is 12.5 Å². The maximum atomic E-state index is 8.66. The number of rotatable bonds is 5. The summed E-state index contributed by atoms with van der Waals surface area (Å²) < 4.78 is 5.63. The average molecular weight is 307 g/mol. The molecule has 3 aromatic rings. The van der Waals surface area contributed by atoms with Crippen LogP contribution in [-0.2, 0) is 6.42 Å². The summed E-state index contributed by atoms with van der Waals surface area (Å²) in [5, 5.41) is 26.2. The van der Waals surface area contributed by atoms with Crippen LogP contribution in [-0.4, -0.2) is 25.4 Å². The molecule has 0 radical (unpaired) electrons. The number of aromatic nitrogens is 5. The summed E-state index contributed by atoms with van der Waals surface area (Å²) in [4.78, 5) is 4.22. The molecule has 0 saturated heterocycles. The molecule has 0 unspecified atom stereocenters. The Labute approximate surface area is 132 Å². The Morgan fingerprint density at radius 3 is 2.83 bits per heavy atom. The van der Waals surface area contributed by atoms with Crippen LogP contribution in [0.3, 0.4) is 0 Å². The minimum absolute atomic E-state index is 0.287. The zero-order chi connectivity index (χ0) is 16.1. The van der Waals surface area contributed by atoms with Crippen LogP contribution in [0.25, 0.3) is 0 Å². The Kier molecular flexibility index (Phi) is 4.11. The van der Waals surface area contributed by atoms with Gasteiger partial charge in [0.2, 0.25) is 5.88 Å². The maximum Gasteiger partial charge on any atom is 0.251 e. The monoisotopic (exact) mass is 307 g/mol. The average Bonchev–Trinajstić information content (AvgIpc) is 2.95.